The van der Waals surface area contributed by atoms with Crippen molar-refractivity contribution in [3.05, 3.63) is 46.5 Å². The number of ether oxygens (including phenoxy) is 4. The van der Waals surface area contributed by atoms with Gasteiger partial charge >= 0.3 is 0 Å². The number of unbranched alkanes of at least 4 members (excludes halogenated alkanes) is 60. The number of rotatable bonds is 72. The molecular weight excluding hydrogens is 1230 g/mol. The molecule has 3 aliphatic rings. The van der Waals surface area contributed by atoms with Crippen molar-refractivity contribution in [1.29, 1.82) is 0 Å². The smallest absolute Gasteiger partial charge is 0.247 e. The molecule has 2 aromatic rings. The molecule has 5 rings (SSSR count). The van der Waals surface area contributed by atoms with Gasteiger partial charge in [0.05, 0.1) is 26.4 Å². The quantitative estimate of drug-likeness (QED) is 0.0641. The van der Waals surface area contributed by atoms with Crippen LogP contribution in [-0.2, 0) is 35.3 Å². The first kappa shape index (κ1) is 87.2. The number of fused-ring (bicyclic) bond motifs is 2. The number of carbonyl (C=O) groups excluding carboxylic acids is 2. The molecule has 0 aromatic heterocycles. The predicted molar refractivity (Wildman–Crippen MR) is 430 cm³/mol. The number of benzene rings is 2. The number of hydrogen-bond donors (Lipinski definition) is 2. The van der Waals surface area contributed by atoms with E-state index in [0.717, 1.165) is 96.6 Å². The van der Waals surface area contributed by atoms with E-state index in [1.807, 2.05) is 0 Å². The van der Waals surface area contributed by atoms with Gasteiger partial charge in [-0.25, -0.2) is 0 Å². The van der Waals surface area contributed by atoms with Crippen LogP contribution in [0.4, 0.5) is 0 Å². The van der Waals surface area contributed by atoms with E-state index in [1.54, 1.807) is 0 Å². The summed E-state index contributed by atoms with van der Waals surface area (Å²) >= 11 is 0. The van der Waals surface area contributed by atoms with Crippen LogP contribution in [-0.4, -0.2) is 49.3 Å². The lowest BCUT2D eigenvalue weighted by molar-refractivity contribution is -0.145. The van der Waals surface area contributed by atoms with E-state index in [2.05, 4.69) is 62.6 Å². The van der Waals surface area contributed by atoms with Crippen molar-refractivity contribution in [2.24, 2.45) is 0 Å². The molecule has 1 saturated heterocycles. The third-order valence-corrected chi connectivity index (χ3v) is 23.2. The summed E-state index contributed by atoms with van der Waals surface area (Å²) < 4.78 is 26.7. The molecule has 8 nitrogen and oxygen atoms in total. The van der Waals surface area contributed by atoms with Crippen molar-refractivity contribution in [3.63, 3.8) is 0 Å². The Kier molecular flexibility index (Phi) is 51.3. The maximum atomic E-state index is 15.2. The van der Waals surface area contributed by atoms with E-state index in [9.17, 15) is 0 Å². The molecule has 1 aliphatic heterocycles. The topological polar surface area (TPSA) is 95.1 Å². The molecule has 0 saturated carbocycles. The van der Waals surface area contributed by atoms with Crippen LogP contribution >= 0.6 is 0 Å². The SMILES string of the molecule is CCCCCCCCCCCCCCCCCCOc1ccc(OCCCCCCCCCCCCCCCCCC)c2c1CC1(C2)NC(=O)C2(Cc3c(OCCCCCCCCCCCCCCCCCC)ccc(OCCCCCCCCCCCCCCCCCC)c3C2)NC1=O. The van der Waals surface area contributed by atoms with Crippen molar-refractivity contribution in [3.8, 4) is 23.0 Å². The second-order valence-corrected chi connectivity index (χ2v) is 32.4. The van der Waals surface area contributed by atoms with Gasteiger partial charge in [-0.2, -0.15) is 0 Å². The fraction of sp³-hybridized carbons (Fsp3) is 0.848. The Hall–Kier alpha value is -3.42. The Balaban J connectivity index is 1.13. The lowest BCUT2D eigenvalue weighted by Crippen LogP contribution is -2.75. The van der Waals surface area contributed by atoms with Crippen LogP contribution in [0.2, 0.25) is 0 Å². The molecule has 1 heterocycles. The van der Waals surface area contributed by atoms with Gasteiger partial charge in [0.15, 0.2) is 0 Å². The highest BCUT2D eigenvalue weighted by molar-refractivity contribution is 6.04. The molecule has 2 aliphatic carbocycles. The average Bonchev–Trinajstić information content (AvgIpc) is 1.55. The first-order valence-corrected chi connectivity index (χ1v) is 44.9. The third-order valence-electron chi connectivity index (χ3n) is 23.2. The molecular formula is C92H162N2O6. The summed E-state index contributed by atoms with van der Waals surface area (Å²) in [7, 11) is 0. The van der Waals surface area contributed by atoms with Crippen LogP contribution in [0.25, 0.3) is 0 Å². The Morgan fingerprint density at radius 2 is 0.350 bits per heavy atom. The Morgan fingerprint density at radius 1 is 0.220 bits per heavy atom. The van der Waals surface area contributed by atoms with Crippen LogP contribution in [0.1, 0.15) is 461 Å². The summed E-state index contributed by atoms with van der Waals surface area (Å²) in [5, 5.41) is 6.93. The number of amides is 2. The zero-order chi connectivity index (χ0) is 70.8. The summed E-state index contributed by atoms with van der Waals surface area (Å²) in [6, 6.07) is 8.31. The Bertz CT molecular complexity index is 2000. The summed E-state index contributed by atoms with van der Waals surface area (Å²) in [5.41, 5.74) is 1.79. The second kappa shape index (κ2) is 58.8. The predicted octanol–water partition coefficient (Wildman–Crippen LogP) is 27.9. The Morgan fingerprint density at radius 3 is 0.490 bits per heavy atom. The largest absolute Gasteiger partial charge is 0.493 e. The van der Waals surface area contributed by atoms with Crippen LogP contribution in [0, 0.1) is 0 Å². The van der Waals surface area contributed by atoms with Crippen LogP contribution in [0.3, 0.4) is 0 Å². The fourth-order valence-corrected chi connectivity index (χ4v) is 16.6. The molecule has 0 bridgehead atoms. The van der Waals surface area contributed by atoms with Gasteiger partial charge in [0.25, 0.3) is 0 Å². The van der Waals surface area contributed by atoms with E-state index in [0.29, 0.717) is 52.1 Å². The molecule has 100 heavy (non-hydrogen) atoms. The lowest BCUT2D eigenvalue weighted by Gasteiger charge is -2.43. The molecule has 1 fully saturated rings. The highest BCUT2D eigenvalue weighted by Crippen LogP contribution is 2.47. The van der Waals surface area contributed by atoms with Gasteiger partial charge in [-0.1, -0.05) is 413 Å². The van der Waals surface area contributed by atoms with Gasteiger partial charge in [-0.15, -0.1) is 0 Å². The van der Waals surface area contributed by atoms with Gasteiger partial charge in [0.2, 0.25) is 11.8 Å². The minimum absolute atomic E-state index is 0.116. The van der Waals surface area contributed by atoms with Crippen LogP contribution in [0.15, 0.2) is 24.3 Å². The summed E-state index contributed by atoms with van der Waals surface area (Å²) in [6.07, 6.45) is 87.1. The lowest BCUT2D eigenvalue weighted by atomic mass is 9.83. The van der Waals surface area contributed by atoms with Crippen LogP contribution in [0.5, 0.6) is 23.0 Å². The number of hydrogen-bond acceptors (Lipinski definition) is 6. The molecule has 2 spiro atoms. The highest BCUT2D eigenvalue weighted by atomic mass is 16.5. The Labute approximate surface area is 619 Å². The molecule has 0 unspecified atom stereocenters. The molecule has 0 atom stereocenters. The molecule has 2 aromatic carbocycles. The van der Waals surface area contributed by atoms with E-state index in [-0.39, 0.29) is 11.8 Å². The van der Waals surface area contributed by atoms with Gasteiger partial charge < -0.3 is 29.6 Å². The van der Waals surface area contributed by atoms with Crippen LogP contribution < -0.4 is 29.6 Å². The zero-order valence-corrected chi connectivity index (χ0v) is 66.7. The molecule has 0 radical (unpaired) electrons. The van der Waals surface area contributed by atoms with Gasteiger partial charge in [0, 0.05) is 47.9 Å². The standard InChI is InChI=1S/C92H162N2O6/c1-5-9-13-17-21-25-29-33-37-41-45-49-53-57-61-65-73-97-85-69-70-86(98-74-66-62-58-54-50-46-42-38-34-30-26-22-18-14-10-6-2)82-78-91(77-81(82)85)89(95)94-92(90(96)93-91)79-83-84(80-92)88(100-76-68-64-60-56-52-48-44-40-36-32-28-24-20-16-12-8-4)72-71-87(83)99-75-67-63-59-55-51-47-43-39-35-31-27-23-19-15-11-7-3/h69-72H,5-68,73-80H2,1-4H3,(H,93,96)(H,94,95). The second-order valence-electron chi connectivity index (χ2n) is 32.4. The first-order valence-electron chi connectivity index (χ1n) is 44.9. The van der Waals surface area contributed by atoms with E-state index in [4.69, 9.17) is 18.9 Å². The summed E-state index contributed by atoms with van der Waals surface area (Å²) in [5.74, 6) is 3.08. The summed E-state index contributed by atoms with van der Waals surface area (Å²) in [4.78, 5) is 30.4. The normalized spacial score (nSPS) is 14.3. The van der Waals surface area contributed by atoms with Gasteiger partial charge in [-0.05, 0) is 49.9 Å². The maximum absolute atomic E-state index is 15.2. The fourth-order valence-electron chi connectivity index (χ4n) is 16.6. The number of piperazine rings is 1. The third kappa shape index (κ3) is 37.5. The summed E-state index contributed by atoms with van der Waals surface area (Å²) in [6.45, 7) is 11.8. The molecule has 2 N–H and O–H groups in total. The number of carbonyl (C=O) groups is 2. The van der Waals surface area contributed by atoms with Crippen molar-refractivity contribution in [2.45, 2.75) is 475 Å². The average molecular weight is 1390 g/mol. The minimum Gasteiger partial charge on any atom is -0.493 e. The van der Waals surface area contributed by atoms with E-state index >= 15 is 9.59 Å². The highest BCUT2D eigenvalue weighted by Gasteiger charge is 2.59. The molecule has 8 heteroatoms. The van der Waals surface area contributed by atoms with Crippen molar-refractivity contribution in [2.75, 3.05) is 26.4 Å². The molecule has 576 valence electrons. The number of nitrogens with one attached hydrogen (secondary N) is 2. The zero-order valence-electron chi connectivity index (χ0n) is 66.7. The minimum atomic E-state index is -1.13. The first-order chi connectivity index (χ1) is 49.4. The van der Waals surface area contributed by atoms with Gasteiger partial charge in [0.1, 0.15) is 34.1 Å². The van der Waals surface area contributed by atoms with Gasteiger partial charge in [-0.3, -0.25) is 9.59 Å². The van der Waals surface area contributed by atoms with E-state index < -0.39 is 11.1 Å². The maximum Gasteiger partial charge on any atom is 0.247 e. The van der Waals surface area contributed by atoms with E-state index in [1.165, 1.54) is 360 Å². The van der Waals surface area contributed by atoms with Crippen molar-refractivity contribution < 1.29 is 28.5 Å². The monoisotopic (exact) mass is 1390 g/mol. The van der Waals surface area contributed by atoms with Crippen molar-refractivity contribution in [1.82, 2.24) is 10.6 Å². The van der Waals surface area contributed by atoms with Crippen molar-refractivity contribution >= 4 is 11.8 Å². The molecule has 2 amide bonds.